The third kappa shape index (κ3) is 6.03. The van der Waals surface area contributed by atoms with E-state index in [1.807, 2.05) is 19.2 Å². The molecule has 1 aromatic carbocycles. The van der Waals surface area contributed by atoms with Crippen molar-refractivity contribution in [3.8, 4) is 11.4 Å². The van der Waals surface area contributed by atoms with Gasteiger partial charge in [0.05, 0.1) is 5.75 Å². The first-order valence-corrected chi connectivity index (χ1v) is 9.59. The molecule has 3 amide bonds. The van der Waals surface area contributed by atoms with Crippen molar-refractivity contribution in [2.75, 3.05) is 12.3 Å². The number of nitrogens with zero attached hydrogens (tertiary/aromatic N) is 3. The molecule has 26 heavy (non-hydrogen) atoms. The molecule has 0 radical (unpaired) electrons. The molecule has 2 N–H and O–H groups in total. The number of urea groups is 1. The summed E-state index contributed by atoms with van der Waals surface area (Å²) in [6.07, 6.45) is 0.864. The van der Waals surface area contributed by atoms with Crippen LogP contribution in [0.3, 0.4) is 0 Å². The van der Waals surface area contributed by atoms with Crippen molar-refractivity contribution >= 4 is 35.3 Å². The van der Waals surface area contributed by atoms with Gasteiger partial charge >= 0.3 is 6.03 Å². The van der Waals surface area contributed by atoms with Crippen LogP contribution in [0, 0.1) is 5.92 Å². The lowest BCUT2D eigenvalue weighted by Gasteiger charge is -2.08. The van der Waals surface area contributed by atoms with Crippen LogP contribution in [0.5, 0.6) is 0 Å². The van der Waals surface area contributed by atoms with Crippen LogP contribution in [0.15, 0.2) is 29.4 Å². The number of nitrogens with one attached hydrogen (secondary N) is 2. The molecule has 0 atom stereocenters. The second kappa shape index (κ2) is 9.59. The fraction of sp³-hybridized carbons (Fsp3) is 0.412. The fourth-order valence-electron chi connectivity index (χ4n) is 2.10. The van der Waals surface area contributed by atoms with E-state index in [1.165, 1.54) is 11.8 Å². The molecule has 1 heterocycles. The van der Waals surface area contributed by atoms with Gasteiger partial charge in [-0.15, -0.1) is 10.2 Å². The summed E-state index contributed by atoms with van der Waals surface area (Å²) in [5.74, 6) is 0.862. The Balaban J connectivity index is 1.85. The summed E-state index contributed by atoms with van der Waals surface area (Å²) < 4.78 is 1.80. The summed E-state index contributed by atoms with van der Waals surface area (Å²) in [5.41, 5.74) is 0.880. The molecular weight excluding hydrogens is 374 g/mol. The summed E-state index contributed by atoms with van der Waals surface area (Å²) >= 11 is 7.11. The maximum atomic E-state index is 11.9. The first kappa shape index (κ1) is 20.3. The van der Waals surface area contributed by atoms with Gasteiger partial charge < -0.3 is 9.88 Å². The van der Waals surface area contributed by atoms with E-state index in [2.05, 4.69) is 34.7 Å². The Hall–Kier alpha value is -2.06. The number of benzene rings is 1. The maximum absolute atomic E-state index is 11.9. The topological polar surface area (TPSA) is 88.9 Å². The lowest BCUT2D eigenvalue weighted by Crippen LogP contribution is -2.40. The van der Waals surface area contributed by atoms with Crippen molar-refractivity contribution in [2.45, 2.75) is 25.4 Å². The number of rotatable bonds is 7. The molecule has 0 saturated carbocycles. The molecule has 0 aliphatic carbocycles. The quantitative estimate of drug-likeness (QED) is 0.703. The Morgan fingerprint density at radius 1 is 1.23 bits per heavy atom. The summed E-state index contributed by atoms with van der Waals surface area (Å²) in [7, 11) is 1.82. The average molecular weight is 396 g/mol. The molecule has 2 aromatic rings. The first-order chi connectivity index (χ1) is 12.4. The summed E-state index contributed by atoms with van der Waals surface area (Å²) in [6, 6.07) is 6.80. The van der Waals surface area contributed by atoms with Crippen LogP contribution in [-0.2, 0) is 11.8 Å². The highest BCUT2D eigenvalue weighted by atomic mass is 35.5. The van der Waals surface area contributed by atoms with E-state index in [1.54, 1.807) is 16.7 Å². The number of amides is 3. The number of carbonyl (C=O) groups excluding carboxylic acids is 2. The van der Waals surface area contributed by atoms with Gasteiger partial charge in [-0.05, 0) is 36.6 Å². The molecule has 0 aliphatic heterocycles. The number of halogens is 1. The van der Waals surface area contributed by atoms with Gasteiger partial charge in [0.15, 0.2) is 11.0 Å². The number of thioether (sulfide) groups is 1. The third-order valence-electron chi connectivity index (χ3n) is 3.53. The monoisotopic (exact) mass is 395 g/mol. The van der Waals surface area contributed by atoms with Gasteiger partial charge in [-0.25, -0.2) is 4.79 Å². The Labute approximate surface area is 161 Å². The highest BCUT2D eigenvalue weighted by Gasteiger charge is 2.14. The highest BCUT2D eigenvalue weighted by molar-refractivity contribution is 7.99. The van der Waals surface area contributed by atoms with Crippen molar-refractivity contribution in [2.24, 2.45) is 13.0 Å². The maximum Gasteiger partial charge on any atom is 0.321 e. The fourth-order valence-corrected chi connectivity index (χ4v) is 2.94. The van der Waals surface area contributed by atoms with E-state index < -0.39 is 6.03 Å². The van der Waals surface area contributed by atoms with E-state index in [0.717, 1.165) is 12.0 Å². The molecule has 0 spiro atoms. The Morgan fingerprint density at radius 2 is 1.92 bits per heavy atom. The van der Waals surface area contributed by atoms with Crippen LogP contribution < -0.4 is 10.6 Å². The van der Waals surface area contributed by atoms with E-state index in [-0.39, 0.29) is 11.7 Å². The molecule has 0 fully saturated rings. The number of hydrogen-bond acceptors (Lipinski definition) is 5. The molecule has 9 heteroatoms. The molecular formula is C17H22ClN5O2S. The molecule has 1 aromatic heterocycles. The van der Waals surface area contributed by atoms with Crippen molar-refractivity contribution in [1.29, 1.82) is 0 Å². The largest absolute Gasteiger partial charge is 0.338 e. The number of hydrogen-bond donors (Lipinski definition) is 2. The Bertz CT molecular complexity index is 761. The average Bonchev–Trinajstić information content (AvgIpc) is 2.94. The Kier molecular flexibility index (Phi) is 7.47. The predicted octanol–water partition coefficient (Wildman–Crippen LogP) is 3.10. The smallest absolute Gasteiger partial charge is 0.321 e. The molecule has 140 valence electrons. The van der Waals surface area contributed by atoms with Crippen molar-refractivity contribution in [3.05, 3.63) is 29.3 Å². The van der Waals surface area contributed by atoms with Gasteiger partial charge in [0.2, 0.25) is 5.91 Å². The van der Waals surface area contributed by atoms with Gasteiger partial charge in [0, 0.05) is 24.2 Å². The van der Waals surface area contributed by atoms with Gasteiger partial charge in [-0.3, -0.25) is 10.1 Å². The van der Waals surface area contributed by atoms with Crippen LogP contribution in [0.1, 0.15) is 20.3 Å². The highest BCUT2D eigenvalue weighted by Crippen LogP contribution is 2.23. The zero-order valence-electron chi connectivity index (χ0n) is 15.0. The van der Waals surface area contributed by atoms with Crippen molar-refractivity contribution in [1.82, 2.24) is 25.4 Å². The molecule has 0 bridgehead atoms. The molecule has 0 saturated heterocycles. The zero-order valence-corrected chi connectivity index (χ0v) is 16.5. The van der Waals surface area contributed by atoms with E-state index in [4.69, 9.17) is 11.6 Å². The standard InChI is InChI=1S/C17H22ClN5O2S/c1-11(2)8-9-19-16(25)20-14(24)10-26-17-22-21-15(23(17)3)12-4-6-13(18)7-5-12/h4-7,11H,8-10H2,1-3H3,(H2,19,20,24,25). The lowest BCUT2D eigenvalue weighted by molar-refractivity contribution is -0.117. The van der Waals surface area contributed by atoms with E-state index in [9.17, 15) is 9.59 Å². The second-order valence-electron chi connectivity index (χ2n) is 6.15. The minimum Gasteiger partial charge on any atom is -0.338 e. The van der Waals surface area contributed by atoms with Crippen LogP contribution in [-0.4, -0.2) is 39.0 Å². The normalized spacial score (nSPS) is 10.8. The van der Waals surface area contributed by atoms with E-state index in [0.29, 0.717) is 28.5 Å². The summed E-state index contributed by atoms with van der Waals surface area (Å²) in [5, 5.41) is 14.4. The van der Waals surface area contributed by atoms with Crippen molar-refractivity contribution in [3.63, 3.8) is 0 Å². The zero-order chi connectivity index (χ0) is 19.1. The van der Waals surface area contributed by atoms with Crippen LogP contribution >= 0.6 is 23.4 Å². The predicted molar refractivity (Wildman–Crippen MR) is 103 cm³/mol. The number of carbonyl (C=O) groups is 2. The molecule has 0 unspecified atom stereocenters. The van der Waals surface area contributed by atoms with Crippen LogP contribution in [0.4, 0.5) is 4.79 Å². The van der Waals surface area contributed by atoms with Gasteiger partial charge in [-0.1, -0.05) is 37.2 Å². The molecule has 0 aliphatic rings. The van der Waals surface area contributed by atoms with Crippen LogP contribution in [0.25, 0.3) is 11.4 Å². The number of imide groups is 1. The first-order valence-electron chi connectivity index (χ1n) is 8.22. The third-order valence-corrected chi connectivity index (χ3v) is 4.80. The van der Waals surface area contributed by atoms with Gasteiger partial charge in [0.1, 0.15) is 0 Å². The summed E-state index contributed by atoms with van der Waals surface area (Å²) in [4.78, 5) is 23.5. The van der Waals surface area contributed by atoms with Gasteiger partial charge in [-0.2, -0.15) is 0 Å². The summed E-state index contributed by atoms with van der Waals surface area (Å²) in [6.45, 7) is 4.68. The minimum absolute atomic E-state index is 0.0736. The lowest BCUT2D eigenvalue weighted by atomic mass is 10.1. The molecule has 7 nitrogen and oxygen atoms in total. The second-order valence-corrected chi connectivity index (χ2v) is 7.53. The Morgan fingerprint density at radius 3 is 2.58 bits per heavy atom. The van der Waals surface area contributed by atoms with E-state index >= 15 is 0 Å². The molecule has 2 rings (SSSR count). The van der Waals surface area contributed by atoms with Crippen molar-refractivity contribution < 1.29 is 9.59 Å². The number of aromatic nitrogens is 3. The SMILES string of the molecule is CC(C)CCNC(=O)NC(=O)CSc1nnc(-c2ccc(Cl)cc2)n1C. The van der Waals surface area contributed by atoms with Gasteiger partial charge in [0.25, 0.3) is 0 Å². The van der Waals surface area contributed by atoms with Crippen LogP contribution in [0.2, 0.25) is 5.02 Å². The minimum atomic E-state index is -0.476.